The summed E-state index contributed by atoms with van der Waals surface area (Å²) in [5, 5.41) is 12.0. The van der Waals surface area contributed by atoms with Crippen LogP contribution in [0.2, 0.25) is 0 Å². The topological polar surface area (TPSA) is 75.6 Å². The largest absolute Gasteiger partial charge is 0.497 e. The quantitative estimate of drug-likeness (QED) is 0.874. The first-order valence-electron chi connectivity index (χ1n) is 7.15. The minimum Gasteiger partial charge on any atom is -0.497 e. The van der Waals surface area contributed by atoms with Crippen molar-refractivity contribution in [2.75, 3.05) is 7.11 Å². The number of methoxy groups -OCH3 is 1. The number of carbonyl (C=O) groups excluding carboxylic acids is 1. The third-order valence-corrected chi connectivity index (χ3v) is 4.11. The first-order valence-corrected chi connectivity index (χ1v) is 7.15. The minimum absolute atomic E-state index is 0.0199. The van der Waals surface area contributed by atoms with Gasteiger partial charge in [-0.3, -0.25) is 9.59 Å². The number of benzene rings is 1. The molecule has 0 aromatic heterocycles. The van der Waals surface area contributed by atoms with Crippen LogP contribution in [0.4, 0.5) is 0 Å². The lowest BCUT2D eigenvalue weighted by molar-refractivity contribution is -0.138. The molecule has 1 aromatic rings. The lowest BCUT2D eigenvalue weighted by atomic mass is 9.92. The Morgan fingerprint density at radius 1 is 1.33 bits per heavy atom. The molecule has 0 spiro atoms. The number of hydrogen-bond donors (Lipinski definition) is 2. The first kappa shape index (κ1) is 15.4. The van der Waals surface area contributed by atoms with Crippen LogP contribution < -0.4 is 10.1 Å². The van der Waals surface area contributed by atoms with Crippen molar-refractivity contribution in [3.8, 4) is 5.75 Å². The highest BCUT2D eigenvalue weighted by Gasteiger charge is 2.37. The predicted molar refractivity (Wildman–Crippen MR) is 78.6 cm³/mol. The molecule has 0 radical (unpaired) electrons. The van der Waals surface area contributed by atoms with Crippen molar-refractivity contribution in [1.82, 2.24) is 5.32 Å². The Labute approximate surface area is 124 Å². The van der Waals surface area contributed by atoms with Gasteiger partial charge in [-0.05, 0) is 43.5 Å². The lowest BCUT2D eigenvalue weighted by Gasteiger charge is -2.29. The average Bonchev–Trinajstić information content (AvgIpc) is 2.85. The Hall–Kier alpha value is -2.04. The second-order valence-corrected chi connectivity index (χ2v) is 5.69. The van der Waals surface area contributed by atoms with E-state index < -0.39 is 11.5 Å². The Bertz CT molecular complexity index is 547. The van der Waals surface area contributed by atoms with Crippen molar-refractivity contribution in [1.29, 1.82) is 0 Å². The van der Waals surface area contributed by atoms with Crippen LogP contribution >= 0.6 is 0 Å². The number of carboxylic acids is 1. The van der Waals surface area contributed by atoms with Crippen LogP contribution in [-0.2, 0) is 4.79 Å². The van der Waals surface area contributed by atoms with Crippen molar-refractivity contribution in [2.45, 2.75) is 44.6 Å². The fraction of sp³-hybridized carbons (Fsp3) is 0.500. The van der Waals surface area contributed by atoms with Crippen LogP contribution in [0.1, 0.15) is 48.0 Å². The lowest BCUT2D eigenvalue weighted by Crippen LogP contribution is -2.48. The van der Waals surface area contributed by atoms with Gasteiger partial charge < -0.3 is 15.2 Å². The Morgan fingerprint density at radius 3 is 2.52 bits per heavy atom. The smallest absolute Gasteiger partial charge is 0.305 e. The maximum atomic E-state index is 12.5. The summed E-state index contributed by atoms with van der Waals surface area (Å²) < 4.78 is 5.13. The molecule has 0 heterocycles. The molecule has 1 aliphatic rings. The summed E-state index contributed by atoms with van der Waals surface area (Å²) in [5.41, 5.74) is 0.776. The van der Waals surface area contributed by atoms with Gasteiger partial charge in [0.1, 0.15) is 5.75 Å². The molecular weight excluding hydrogens is 270 g/mol. The number of ether oxygens (including phenoxy) is 1. The van der Waals surface area contributed by atoms with Crippen molar-refractivity contribution < 1.29 is 19.4 Å². The number of amides is 1. The molecule has 114 valence electrons. The van der Waals surface area contributed by atoms with Crippen molar-refractivity contribution in [2.24, 2.45) is 0 Å². The van der Waals surface area contributed by atoms with Gasteiger partial charge in [0.05, 0.1) is 19.1 Å². The zero-order valence-electron chi connectivity index (χ0n) is 12.4. The molecule has 5 heteroatoms. The number of nitrogens with one attached hydrogen (secondary N) is 1. The molecule has 1 aromatic carbocycles. The van der Waals surface area contributed by atoms with Gasteiger partial charge in [0, 0.05) is 5.56 Å². The molecule has 0 saturated heterocycles. The SMILES string of the molecule is COc1ccc(C(=O)NC2(CC(=O)O)CCCC2)c(C)c1. The van der Waals surface area contributed by atoms with Crippen molar-refractivity contribution >= 4 is 11.9 Å². The Balaban J connectivity index is 2.17. The number of aliphatic carboxylic acids is 1. The van der Waals surface area contributed by atoms with E-state index in [2.05, 4.69) is 5.32 Å². The Morgan fingerprint density at radius 2 is 2.00 bits per heavy atom. The van der Waals surface area contributed by atoms with E-state index in [1.54, 1.807) is 25.3 Å². The molecule has 1 saturated carbocycles. The average molecular weight is 291 g/mol. The fourth-order valence-electron chi connectivity index (χ4n) is 3.01. The van der Waals surface area contributed by atoms with E-state index in [4.69, 9.17) is 9.84 Å². The third-order valence-electron chi connectivity index (χ3n) is 4.11. The van der Waals surface area contributed by atoms with Gasteiger partial charge in [0.25, 0.3) is 5.91 Å². The summed E-state index contributed by atoms with van der Waals surface area (Å²) in [5.74, 6) is -0.382. The van der Waals surface area contributed by atoms with Gasteiger partial charge in [-0.25, -0.2) is 0 Å². The summed E-state index contributed by atoms with van der Waals surface area (Å²) in [6, 6.07) is 5.25. The predicted octanol–water partition coefficient (Wildman–Crippen LogP) is 2.52. The molecular formula is C16H21NO4. The molecule has 1 fully saturated rings. The summed E-state index contributed by atoms with van der Waals surface area (Å²) in [7, 11) is 1.58. The first-order chi connectivity index (χ1) is 9.96. The normalized spacial score (nSPS) is 16.5. The van der Waals surface area contributed by atoms with Gasteiger partial charge >= 0.3 is 5.97 Å². The number of carbonyl (C=O) groups is 2. The molecule has 0 unspecified atom stereocenters. The number of carboxylic acid groups (broad SMARTS) is 1. The standard InChI is InChI=1S/C16H21NO4/c1-11-9-12(21-2)5-6-13(11)15(20)17-16(10-14(18)19)7-3-4-8-16/h5-6,9H,3-4,7-8,10H2,1-2H3,(H,17,20)(H,18,19). The maximum absolute atomic E-state index is 12.5. The van der Waals surface area contributed by atoms with Gasteiger partial charge in [-0.1, -0.05) is 12.8 Å². The monoisotopic (exact) mass is 291 g/mol. The zero-order chi connectivity index (χ0) is 15.5. The van der Waals surface area contributed by atoms with E-state index in [1.807, 2.05) is 6.92 Å². The summed E-state index contributed by atoms with van der Waals surface area (Å²) in [4.78, 5) is 23.5. The summed E-state index contributed by atoms with van der Waals surface area (Å²) in [6.07, 6.45) is 3.33. The van der Waals surface area contributed by atoms with Gasteiger partial charge in [-0.2, -0.15) is 0 Å². The fourth-order valence-corrected chi connectivity index (χ4v) is 3.01. The maximum Gasteiger partial charge on any atom is 0.305 e. The van der Waals surface area contributed by atoms with Gasteiger partial charge in [0.15, 0.2) is 0 Å². The second-order valence-electron chi connectivity index (χ2n) is 5.69. The van der Waals surface area contributed by atoms with E-state index in [0.29, 0.717) is 11.3 Å². The second kappa shape index (κ2) is 6.16. The van der Waals surface area contributed by atoms with Crippen LogP contribution in [0, 0.1) is 6.92 Å². The van der Waals surface area contributed by atoms with Crippen LogP contribution in [0.3, 0.4) is 0 Å². The molecule has 0 aliphatic heterocycles. The molecule has 2 rings (SSSR count). The van der Waals surface area contributed by atoms with E-state index >= 15 is 0 Å². The third kappa shape index (κ3) is 3.54. The van der Waals surface area contributed by atoms with Gasteiger partial charge in [0.2, 0.25) is 0 Å². The van der Waals surface area contributed by atoms with Crippen molar-refractivity contribution in [3.63, 3.8) is 0 Å². The molecule has 21 heavy (non-hydrogen) atoms. The summed E-state index contributed by atoms with van der Waals surface area (Å²) in [6.45, 7) is 1.84. The van der Waals surface area contributed by atoms with Crippen LogP contribution in [0.15, 0.2) is 18.2 Å². The number of hydrogen-bond acceptors (Lipinski definition) is 3. The molecule has 1 aliphatic carbocycles. The molecule has 5 nitrogen and oxygen atoms in total. The molecule has 0 bridgehead atoms. The van der Waals surface area contributed by atoms with Crippen LogP contribution in [0.25, 0.3) is 0 Å². The van der Waals surface area contributed by atoms with Crippen LogP contribution in [-0.4, -0.2) is 29.6 Å². The highest BCUT2D eigenvalue weighted by molar-refractivity contribution is 5.96. The Kier molecular flexibility index (Phi) is 4.50. The minimum atomic E-state index is -0.872. The highest BCUT2D eigenvalue weighted by atomic mass is 16.5. The molecule has 0 atom stereocenters. The number of rotatable bonds is 5. The van der Waals surface area contributed by atoms with Gasteiger partial charge in [-0.15, -0.1) is 0 Å². The highest BCUT2D eigenvalue weighted by Crippen LogP contribution is 2.33. The van der Waals surface area contributed by atoms with E-state index in [-0.39, 0.29) is 12.3 Å². The molecule has 2 N–H and O–H groups in total. The van der Waals surface area contributed by atoms with E-state index in [1.165, 1.54) is 0 Å². The van der Waals surface area contributed by atoms with E-state index in [0.717, 1.165) is 31.2 Å². The summed E-state index contributed by atoms with van der Waals surface area (Å²) >= 11 is 0. The van der Waals surface area contributed by atoms with Crippen LogP contribution in [0.5, 0.6) is 5.75 Å². The molecule has 1 amide bonds. The number of aryl methyl sites for hydroxylation is 1. The zero-order valence-corrected chi connectivity index (χ0v) is 12.4. The van der Waals surface area contributed by atoms with E-state index in [9.17, 15) is 9.59 Å². The van der Waals surface area contributed by atoms with Crippen molar-refractivity contribution in [3.05, 3.63) is 29.3 Å².